The van der Waals surface area contributed by atoms with Gasteiger partial charge in [0.25, 0.3) is 11.7 Å². The largest absolute Gasteiger partial charge is 0.507 e. The first-order valence-electron chi connectivity index (χ1n) is 9.04. The Morgan fingerprint density at radius 1 is 1.00 bits per heavy atom. The smallest absolute Gasteiger partial charge is 0.295 e. The number of halogens is 1. The third-order valence-corrected chi connectivity index (χ3v) is 5.10. The third-order valence-electron chi connectivity index (χ3n) is 4.85. The number of carbonyl (C=O) groups is 2. The Bertz CT molecular complexity index is 1080. The van der Waals surface area contributed by atoms with Gasteiger partial charge in [0.1, 0.15) is 5.76 Å². The van der Waals surface area contributed by atoms with Crippen molar-refractivity contribution in [2.24, 2.45) is 0 Å². The fourth-order valence-corrected chi connectivity index (χ4v) is 3.60. The molecule has 1 aromatic heterocycles. The van der Waals surface area contributed by atoms with Gasteiger partial charge in [0.05, 0.1) is 11.6 Å². The Hall–Kier alpha value is -3.44. The van der Waals surface area contributed by atoms with E-state index >= 15 is 0 Å². The van der Waals surface area contributed by atoms with Crippen molar-refractivity contribution in [2.75, 3.05) is 0 Å². The van der Waals surface area contributed by atoms with Crippen molar-refractivity contribution >= 4 is 29.1 Å². The molecule has 0 spiro atoms. The number of ketones is 1. The molecule has 1 amide bonds. The predicted octanol–water partition coefficient (Wildman–Crippen LogP) is 4.36. The minimum Gasteiger partial charge on any atom is -0.507 e. The summed E-state index contributed by atoms with van der Waals surface area (Å²) in [7, 11) is 0. The zero-order valence-electron chi connectivity index (χ0n) is 15.3. The molecule has 29 heavy (non-hydrogen) atoms. The van der Waals surface area contributed by atoms with Crippen LogP contribution in [0.2, 0.25) is 5.02 Å². The van der Waals surface area contributed by atoms with Crippen molar-refractivity contribution in [3.63, 3.8) is 0 Å². The topological polar surface area (TPSA) is 70.5 Å². The molecule has 1 saturated heterocycles. The summed E-state index contributed by atoms with van der Waals surface area (Å²) >= 11 is 6.02. The molecular formula is C23H17ClN2O3. The molecule has 6 heteroatoms. The maximum Gasteiger partial charge on any atom is 0.295 e. The number of hydrogen-bond donors (Lipinski definition) is 1. The van der Waals surface area contributed by atoms with Crippen LogP contribution in [0, 0.1) is 0 Å². The maximum atomic E-state index is 12.9. The quantitative estimate of drug-likeness (QED) is 0.398. The molecule has 0 bridgehead atoms. The molecule has 5 nitrogen and oxygen atoms in total. The van der Waals surface area contributed by atoms with Gasteiger partial charge < -0.3 is 10.0 Å². The number of benzene rings is 2. The Labute approximate surface area is 172 Å². The first-order valence-corrected chi connectivity index (χ1v) is 9.42. The van der Waals surface area contributed by atoms with E-state index in [2.05, 4.69) is 4.98 Å². The van der Waals surface area contributed by atoms with Gasteiger partial charge in [-0.2, -0.15) is 0 Å². The number of hydrogen-bond acceptors (Lipinski definition) is 4. The molecule has 1 N–H and O–H groups in total. The lowest BCUT2D eigenvalue weighted by Crippen LogP contribution is -2.29. The minimum absolute atomic E-state index is 0.0624. The molecule has 1 aliphatic heterocycles. The van der Waals surface area contributed by atoms with Gasteiger partial charge in [0.2, 0.25) is 0 Å². The lowest BCUT2D eigenvalue weighted by atomic mass is 9.95. The van der Waals surface area contributed by atoms with Crippen molar-refractivity contribution in [1.82, 2.24) is 9.88 Å². The molecule has 2 aromatic carbocycles. The lowest BCUT2D eigenvalue weighted by molar-refractivity contribution is -0.140. The molecule has 0 saturated carbocycles. The molecule has 0 radical (unpaired) electrons. The van der Waals surface area contributed by atoms with E-state index in [1.165, 1.54) is 4.90 Å². The molecule has 3 aromatic rings. The van der Waals surface area contributed by atoms with E-state index in [9.17, 15) is 14.7 Å². The van der Waals surface area contributed by atoms with Gasteiger partial charge in [-0.05, 0) is 29.3 Å². The van der Waals surface area contributed by atoms with Crippen LogP contribution in [0.3, 0.4) is 0 Å². The third kappa shape index (κ3) is 3.65. The zero-order chi connectivity index (χ0) is 20.4. The van der Waals surface area contributed by atoms with Gasteiger partial charge in [-0.15, -0.1) is 0 Å². The highest BCUT2D eigenvalue weighted by Crippen LogP contribution is 2.40. The molecule has 1 fully saturated rings. The lowest BCUT2D eigenvalue weighted by Gasteiger charge is -2.25. The van der Waals surface area contributed by atoms with Crippen LogP contribution >= 0.6 is 11.6 Å². The van der Waals surface area contributed by atoms with E-state index < -0.39 is 17.7 Å². The molecular weight excluding hydrogens is 388 g/mol. The van der Waals surface area contributed by atoms with Crippen LogP contribution in [0.1, 0.15) is 22.7 Å². The van der Waals surface area contributed by atoms with Gasteiger partial charge >= 0.3 is 0 Å². The highest BCUT2D eigenvalue weighted by Gasteiger charge is 2.46. The van der Waals surface area contributed by atoms with Crippen molar-refractivity contribution in [3.05, 3.63) is 106 Å². The van der Waals surface area contributed by atoms with Crippen molar-refractivity contribution in [3.8, 4) is 0 Å². The molecule has 144 valence electrons. The fraction of sp³-hybridized carbons (Fsp3) is 0.0870. The van der Waals surface area contributed by atoms with Gasteiger partial charge in [0, 0.05) is 29.5 Å². The summed E-state index contributed by atoms with van der Waals surface area (Å²) in [6.45, 7) is 0.192. The van der Waals surface area contributed by atoms with Crippen LogP contribution in [-0.4, -0.2) is 26.7 Å². The summed E-state index contributed by atoms with van der Waals surface area (Å²) < 4.78 is 0. The van der Waals surface area contributed by atoms with Crippen molar-refractivity contribution in [2.45, 2.75) is 12.6 Å². The number of aliphatic hydroxyl groups excluding tert-OH is 1. The van der Waals surface area contributed by atoms with Crippen LogP contribution in [0.15, 0.2) is 84.7 Å². The summed E-state index contributed by atoms with van der Waals surface area (Å²) in [4.78, 5) is 31.3. The van der Waals surface area contributed by atoms with Gasteiger partial charge in [-0.25, -0.2) is 0 Å². The number of nitrogens with zero attached hydrogens (tertiary/aromatic N) is 2. The van der Waals surface area contributed by atoms with Gasteiger partial charge in [-0.1, -0.05) is 60.1 Å². The SMILES string of the molecule is O=C1C(=O)N(Cc2cccnc2)[C@H](c2ccc(Cl)cc2)/C1=C(\O)c1ccccc1. The first kappa shape index (κ1) is 18.9. The molecule has 2 heterocycles. The first-order chi connectivity index (χ1) is 14.1. The van der Waals surface area contributed by atoms with E-state index in [1.807, 2.05) is 12.1 Å². The van der Waals surface area contributed by atoms with Crippen LogP contribution in [-0.2, 0) is 16.1 Å². The highest BCUT2D eigenvalue weighted by molar-refractivity contribution is 6.46. The fourth-order valence-electron chi connectivity index (χ4n) is 3.47. The summed E-state index contributed by atoms with van der Waals surface area (Å²) in [5.74, 6) is -1.57. The van der Waals surface area contributed by atoms with Crippen LogP contribution < -0.4 is 0 Å². The van der Waals surface area contributed by atoms with E-state index in [-0.39, 0.29) is 17.9 Å². The summed E-state index contributed by atoms with van der Waals surface area (Å²) in [5.41, 5.74) is 2.02. The number of pyridine rings is 1. The second-order valence-corrected chi connectivity index (χ2v) is 7.14. The number of amides is 1. The number of rotatable bonds is 4. The van der Waals surface area contributed by atoms with E-state index in [4.69, 9.17) is 11.6 Å². The molecule has 1 atom stereocenters. The summed E-state index contributed by atoms with van der Waals surface area (Å²) in [5, 5.41) is 11.5. The molecule has 1 aliphatic rings. The Morgan fingerprint density at radius 3 is 2.38 bits per heavy atom. The van der Waals surface area contributed by atoms with Crippen molar-refractivity contribution in [1.29, 1.82) is 0 Å². The second kappa shape index (κ2) is 7.89. The number of aliphatic hydroxyl groups is 1. The molecule has 4 rings (SSSR count). The average molecular weight is 405 g/mol. The van der Waals surface area contributed by atoms with E-state index in [1.54, 1.807) is 67.0 Å². The molecule has 0 unspecified atom stereocenters. The maximum absolute atomic E-state index is 12.9. The number of carbonyl (C=O) groups excluding carboxylic acids is 2. The Balaban J connectivity index is 1.86. The van der Waals surface area contributed by atoms with Gasteiger partial charge in [0.15, 0.2) is 0 Å². The normalized spacial score (nSPS) is 18.2. The number of Topliss-reactive ketones (excluding diaryl/α,β-unsaturated/α-hetero) is 1. The number of aromatic nitrogens is 1. The average Bonchev–Trinajstić information content (AvgIpc) is 3.00. The monoisotopic (exact) mass is 404 g/mol. The second-order valence-electron chi connectivity index (χ2n) is 6.71. The van der Waals surface area contributed by atoms with Crippen LogP contribution in [0.25, 0.3) is 5.76 Å². The highest BCUT2D eigenvalue weighted by atomic mass is 35.5. The Morgan fingerprint density at radius 2 is 1.72 bits per heavy atom. The van der Waals surface area contributed by atoms with E-state index in [0.717, 1.165) is 5.56 Å². The van der Waals surface area contributed by atoms with Crippen LogP contribution in [0.5, 0.6) is 0 Å². The van der Waals surface area contributed by atoms with E-state index in [0.29, 0.717) is 16.1 Å². The minimum atomic E-state index is -0.729. The zero-order valence-corrected chi connectivity index (χ0v) is 16.1. The summed E-state index contributed by atoms with van der Waals surface area (Å²) in [6, 6.07) is 18.5. The van der Waals surface area contributed by atoms with Gasteiger partial charge in [-0.3, -0.25) is 14.6 Å². The number of likely N-dealkylation sites (tertiary alicyclic amines) is 1. The Kier molecular flexibility index (Phi) is 5.14. The van der Waals surface area contributed by atoms with Crippen molar-refractivity contribution < 1.29 is 14.7 Å². The van der Waals surface area contributed by atoms with Crippen LogP contribution in [0.4, 0.5) is 0 Å². The summed E-state index contributed by atoms with van der Waals surface area (Å²) in [6.07, 6.45) is 3.29. The standard InChI is InChI=1S/C23H17ClN2O3/c24-18-10-8-16(9-11-18)20-19(21(27)17-6-2-1-3-7-17)22(28)23(29)26(20)14-15-5-4-12-25-13-15/h1-13,20,27H,14H2/b21-19+/t20-/m1/s1. The predicted molar refractivity (Wildman–Crippen MR) is 110 cm³/mol. The molecule has 0 aliphatic carbocycles.